The first-order chi connectivity index (χ1) is 13.0. The summed E-state index contributed by atoms with van der Waals surface area (Å²) in [4.78, 5) is 38.5. The van der Waals surface area contributed by atoms with Crippen LogP contribution < -0.4 is 5.32 Å². The summed E-state index contributed by atoms with van der Waals surface area (Å²) < 4.78 is 0. The first-order valence-electron chi connectivity index (χ1n) is 9.65. The van der Waals surface area contributed by atoms with E-state index in [1.165, 1.54) is 24.3 Å². The molecule has 1 aromatic rings. The van der Waals surface area contributed by atoms with E-state index in [0.717, 1.165) is 62.6 Å². The highest BCUT2D eigenvalue weighted by molar-refractivity contribution is 6.02. The third-order valence-electron chi connectivity index (χ3n) is 5.97. The average Bonchev–Trinajstić information content (AvgIpc) is 2.68. The molecule has 0 bridgehead atoms. The number of hydrogen-bond acceptors (Lipinski definition) is 4. The van der Waals surface area contributed by atoms with Crippen LogP contribution in [-0.2, 0) is 4.79 Å². The maximum Gasteiger partial charge on any atom is 0.269 e. The van der Waals surface area contributed by atoms with Gasteiger partial charge in [-0.05, 0) is 63.5 Å². The van der Waals surface area contributed by atoms with Gasteiger partial charge in [-0.15, -0.1) is 0 Å². The second kappa shape index (κ2) is 6.79. The molecular weight excluding hydrogens is 346 g/mol. The van der Waals surface area contributed by atoms with Gasteiger partial charge in [0.25, 0.3) is 17.5 Å². The van der Waals surface area contributed by atoms with Gasteiger partial charge in [0.05, 0.1) is 4.92 Å². The van der Waals surface area contributed by atoms with E-state index in [2.05, 4.69) is 5.32 Å². The molecule has 1 saturated carbocycles. The summed E-state index contributed by atoms with van der Waals surface area (Å²) in [5.74, 6) is -0.208. The predicted octanol–water partition coefficient (Wildman–Crippen LogP) is 3.66. The minimum atomic E-state index is -0.662. The summed E-state index contributed by atoms with van der Waals surface area (Å²) in [6, 6.07) is 5.74. The number of nitro benzene ring substituents is 1. The number of hydrogen-bond donors (Lipinski definition) is 1. The summed E-state index contributed by atoms with van der Waals surface area (Å²) in [5, 5.41) is 14.1. The maximum atomic E-state index is 13.5. The Bertz CT molecular complexity index is 822. The molecule has 1 aromatic carbocycles. The Morgan fingerprint density at radius 3 is 2.37 bits per heavy atom. The summed E-state index contributed by atoms with van der Waals surface area (Å²) in [7, 11) is 0. The number of nitrogens with one attached hydrogen (secondary N) is 1. The summed E-state index contributed by atoms with van der Waals surface area (Å²) >= 11 is 0. The van der Waals surface area contributed by atoms with Crippen LogP contribution in [-0.4, -0.2) is 27.3 Å². The van der Waals surface area contributed by atoms with Crippen LogP contribution in [0.1, 0.15) is 68.1 Å². The Balaban J connectivity index is 1.77. The number of carbonyl (C=O) groups excluding carboxylic acids is 2. The highest BCUT2D eigenvalue weighted by atomic mass is 16.6. The molecule has 0 unspecified atom stereocenters. The van der Waals surface area contributed by atoms with Crippen LogP contribution in [0, 0.1) is 10.1 Å². The van der Waals surface area contributed by atoms with Crippen LogP contribution in [0.2, 0.25) is 0 Å². The highest BCUT2D eigenvalue weighted by Gasteiger charge is 2.48. The molecule has 3 aliphatic rings. The number of non-ortho nitro benzene ring substituents is 1. The standard InChI is InChI=1S/C20H23N3O4/c24-18-16-6-2-3-7-17(16)22(20(21-18)12-4-1-5-13-20)19(25)14-8-10-15(11-9-14)23(26)27/h8-11H,1-7,12-13H2,(H,21,24). The molecule has 142 valence electrons. The van der Waals surface area contributed by atoms with Gasteiger partial charge in [0, 0.05) is 29.0 Å². The van der Waals surface area contributed by atoms with E-state index in [4.69, 9.17) is 0 Å². The Labute approximate surface area is 157 Å². The molecule has 2 amide bonds. The number of carbonyl (C=O) groups is 2. The van der Waals surface area contributed by atoms with Crippen molar-refractivity contribution in [3.8, 4) is 0 Å². The molecule has 1 N–H and O–H groups in total. The Morgan fingerprint density at radius 2 is 1.70 bits per heavy atom. The molecule has 1 spiro atoms. The van der Waals surface area contributed by atoms with Crippen molar-refractivity contribution in [1.82, 2.24) is 10.2 Å². The lowest BCUT2D eigenvalue weighted by molar-refractivity contribution is -0.384. The van der Waals surface area contributed by atoms with E-state index < -0.39 is 10.6 Å². The molecule has 7 heteroatoms. The zero-order chi connectivity index (χ0) is 19.0. The van der Waals surface area contributed by atoms with E-state index in [9.17, 15) is 19.7 Å². The molecule has 1 aliphatic heterocycles. The van der Waals surface area contributed by atoms with Crippen molar-refractivity contribution in [3.63, 3.8) is 0 Å². The van der Waals surface area contributed by atoms with Crippen LogP contribution in [0.25, 0.3) is 0 Å². The molecule has 1 fully saturated rings. The van der Waals surface area contributed by atoms with Gasteiger partial charge in [0.15, 0.2) is 0 Å². The van der Waals surface area contributed by atoms with Crippen molar-refractivity contribution in [2.75, 3.05) is 0 Å². The van der Waals surface area contributed by atoms with E-state index in [0.29, 0.717) is 12.0 Å². The monoisotopic (exact) mass is 369 g/mol. The van der Waals surface area contributed by atoms with Crippen molar-refractivity contribution in [1.29, 1.82) is 0 Å². The average molecular weight is 369 g/mol. The SMILES string of the molecule is O=C1NC2(CCCCC2)N(C(=O)c2ccc([N+](=O)[O-])cc2)C2=C1CCCC2. The number of nitrogens with zero attached hydrogens (tertiary/aromatic N) is 2. The van der Waals surface area contributed by atoms with E-state index in [1.807, 2.05) is 4.90 Å². The molecule has 1 heterocycles. The predicted molar refractivity (Wildman–Crippen MR) is 98.7 cm³/mol. The lowest BCUT2D eigenvalue weighted by Crippen LogP contribution is -2.66. The van der Waals surface area contributed by atoms with E-state index in [-0.39, 0.29) is 17.5 Å². The molecule has 0 aromatic heterocycles. The third kappa shape index (κ3) is 3.01. The lowest BCUT2D eigenvalue weighted by Gasteiger charge is -2.51. The normalized spacial score (nSPS) is 21.6. The molecule has 27 heavy (non-hydrogen) atoms. The van der Waals surface area contributed by atoms with Crippen LogP contribution in [0.3, 0.4) is 0 Å². The zero-order valence-corrected chi connectivity index (χ0v) is 15.2. The van der Waals surface area contributed by atoms with Crippen LogP contribution in [0.5, 0.6) is 0 Å². The Kier molecular flexibility index (Phi) is 4.45. The van der Waals surface area contributed by atoms with Crippen molar-refractivity contribution in [2.45, 2.75) is 63.5 Å². The van der Waals surface area contributed by atoms with Gasteiger partial charge in [-0.3, -0.25) is 24.6 Å². The minimum Gasteiger partial charge on any atom is -0.329 e. The van der Waals surface area contributed by atoms with E-state index >= 15 is 0 Å². The fraction of sp³-hybridized carbons (Fsp3) is 0.500. The second-order valence-corrected chi connectivity index (χ2v) is 7.62. The number of allylic oxidation sites excluding steroid dienone is 1. The van der Waals surface area contributed by atoms with Gasteiger partial charge in [0.2, 0.25) is 0 Å². The van der Waals surface area contributed by atoms with Gasteiger partial charge >= 0.3 is 0 Å². The number of rotatable bonds is 2. The molecule has 7 nitrogen and oxygen atoms in total. The quantitative estimate of drug-likeness (QED) is 0.636. The van der Waals surface area contributed by atoms with Crippen LogP contribution in [0.4, 0.5) is 5.69 Å². The number of benzene rings is 1. The zero-order valence-electron chi connectivity index (χ0n) is 15.2. The number of nitro groups is 1. The van der Waals surface area contributed by atoms with Gasteiger partial charge < -0.3 is 5.32 Å². The minimum absolute atomic E-state index is 0.0284. The smallest absolute Gasteiger partial charge is 0.269 e. The topological polar surface area (TPSA) is 92.6 Å². The van der Waals surface area contributed by atoms with Gasteiger partial charge in [-0.2, -0.15) is 0 Å². The van der Waals surface area contributed by atoms with Gasteiger partial charge in [-0.1, -0.05) is 6.42 Å². The van der Waals surface area contributed by atoms with Crippen molar-refractivity contribution < 1.29 is 14.5 Å². The molecule has 4 rings (SSSR count). The Morgan fingerprint density at radius 1 is 1.04 bits per heavy atom. The van der Waals surface area contributed by atoms with Crippen molar-refractivity contribution >= 4 is 17.5 Å². The molecule has 0 atom stereocenters. The first-order valence-corrected chi connectivity index (χ1v) is 9.65. The molecular formula is C20H23N3O4. The summed E-state index contributed by atoms with van der Waals surface area (Å²) in [6.45, 7) is 0. The van der Waals surface area contributed by atoms with Crippen molar-refractivity contribution in [2.24, 2.45) is 0 Å². The highest BCUT2D eigenvalue weighted by Crippen LogP contribution is 2.42. The fourth-order valence-electron chi connectivity index (χ4n) is 4.64. The first kappa shape index (κ1) is 17.7. The van der Waals surface area contributed by atoms with E-state index in [1.54, 1.807) is 0 Å². The summed E-state index contributed by atoms with van der Waals surface area (Å²) in [6.07, 6.45) is 7.86. The van der Waals surface area contributed by atoms with Gasteiger partial charge in [0.1, 0.15) is 5.66 Å². The Hall–Kier alpha value is -2.70. The lowest BCUT2D eigenvalue weighted by atomic mass is 9.81. The second-order valence-electron chi connectivity index (χ2n) is 7.62. The third-order valence-corrected chi connectivity index (χ3v) is 5.97. The van der Waals surface area contributed by atoms with Crippen LogP contribution in [0.15, 0.2) is 35.5 Å². The van der Waals surface area contributed by atoms with Crippen LogP contribution >= 0.6 is 0 Å². The molecule has 0 radical (unpaired) electrons. The maximum absolute atomic E-state index is 13.5. The fourth-order valence-corrected chi connectivity index (χ4v) is 4.64. The molecule has 0 saturated heterocycles. The largest absolute Gasteiger partial charge is 0.329 e. The van der Waals surface area contributed by atoms with Crippen molar-refractivity contribution in [3.05, 3.63) is 51.2 Å². The van der Waals surface area contributed by atoms with Gasteiger partial charge in [-0.25, -0.2) is 0 Å². The molecule has 2 aliphatic carbocycles. The summed E-state index contributed by atoms with van der Waals surface area (Å²) in [5.41, 5.74) is 1.30. The number of amides is 2.